The number of hydrogen-bond acceptors (Lipinski definition) is 6. The first-order valence-corrected chi connectivity index (χ1v) is 10.9. The molecular formula is C19H21BrFN5OS. The maximum absolute atomic E-state index is 13.6. The molecule has 0 atom stereocenters. The largest absolute Gasteiger partial charge is 0.309 e. The first-order valence-electron chi connectivity index (χ1n) is 9.29. The third kappa shape index (κ3) is 4.65. The van der Waals surface area contributed by atoms with E-state index in [0.717, 1.165) is 42.9 Å². The minimum absolute atomic E-state index is 0.118. The molecule has 3 aromatic rings. The molecule has 28 heavy (non-hydrogen) atoms. The van der Waals surface area contributed by atoms with Crippen LogP contribution in [0.4, 0.5) is 4.39 Å². The van der Waals surface area contributed by atoms with E-state index in [1.807, 2.05) is 6.20 Å². The zero-order valence-corrected chi connectivity index (χ0v) is 17.7. The van der Waals surface area contributed by atoms with E-state index in [1.54, 1.807) is 22.0 Å². The summed E-state index contributed by atoms with van der Waals surface area (Å²) >= 11 is 5.04. The summed E-state index contributed by atoms with van der Waals surface area (Å²) in [7, 11) is 0. The Hall–Kier alpha value is -1.68. The van der Waals surface area contributed by atoms with Crippen LogP contribution in [0.1, 0.15) is 17.7 Å². The van der Waals surface area contributed by atoms with Crippen molar-refractivity contribution in [1.82, 2.24) is 24.8 Å². The molecule has 1 aliphatic heterocycles. The molecule has 4 heterocycles. The summed E-state index contributed by atoms with van der Waals surface area (Å²) in [5.41, 5.74) is 1.07. The maximum atomic E-state index is 13.6. The number of nitrogens with zero attached hydrogens (tertiary/aromatic N) is 4. The van der Waals surface area contributed by atoms with Crippen LogP contribution in [0.25, 0.3) is 11.0 Å². The molecule has 0 amide bonds. The molecular weight excluding hydrogens is 445 g/mol. The molecule has 0 unspecified atom stereocenters. The molecule has 6 nitrogen and oxygen atoms in total. The highest BCUT2D eigenvalue weighted by molar-refractivity contribution is 9.11. The van der Waals surface area contributed by atoms with Crippen LogP contribution >= 0.6 is 27.3 Å². The number of hydrogen-bond donors (Lipinski definition) is 1. The van der Waals surface area contributed by atoms with E-state index in [9.17, 15) is 9.18 Å². The Balaban J connectivity index is 1.31. The van der Waals surface area contributed by atoms with Gasteiger partial charge in [-0.25, -0.2) is 9.37 Å². The Morgan fingerprint density at radius 1 is 1.21 bits per heavy atom. The molecule has 0 saturated carbocycles. The molecule has 1 aliphatic rings. The SMILES string of the molecule is O=c1ccc2ncc(F)cc2n1CCN1CCC(NCc2cnc(Br)s2)CC1. The van der Waals surface area contributed by atoms with Crippen LogP contribution in [0, 0.1) is 5.82 Å². The van der Waals surface area contributed by atoms with Gasteiger partial charge in [0.1, 0.15) is 5.82 Å². The number of aromatic nitrogens is 3. The third-order valence-electron chi connectivity index (χ3n) is 5.12. The summed E-state index contributed by atoms with van der Waals surface area (Å²) in [6.45, 7) is 4.11. The molecule has 148 valence electrons. The van der Waals surface area contributed by atoms with Gasteiger partial charge in [0.15, 0.2) is 3.92 Å². The molecule has 1 fully saturated rings. The van der Waals surface area contributed by atoms with Gasteiger partial charge in [0, 0.05) is 48.9 Å². The predicted octanol–water partition coefficient (Wildman–Crippen LogP) is 3.01. The van der Waals surface area contributed by atoms with Gasteiger partial charge in [-0.1, -0.05) is 0 Å². The Morgan fingerprint density at radius 3 is 2.79 bits per heavy atom. The smallest absolute Gasteiger partial charge is 0.251 e. The van der Waals surface area contributed by atoms with Gasteiger partial charge in [-0.15, -0.1) is 11.3 Å². The fraction of sp³-hybridized carbons (Fsp3) is 0.421. The van der Waals surface area contributed by atoms with Gasteiger partial charge in [0.2, 0.25) is 0 Å². The zero-order chi connectivity index (χ0) is 19.5. The molecule has 1 N–H and O–H groups in total. The lowest BCUT2D eigenvalue weighted by Gasteiger charge is -2.32. The second-order valence-electron chi connectivity index (χ2n) is 6.96. The van der Waals surface area contributed by atoms with Crippen molar-refractivity contribution in [1.29, 1.82) is 0 Å². The van der Waals surface area contributed by atoms with E-state index in [4.69, 9.17) is 0 Å². The number of thiazole rings is 1. The second-order valence-corrected chi connectivity index (χ2v) is 9.35. The van der Waals surface area contributed by atoms with Crippen molar-refractivity contribution in [2.45, 2.75) is 32.0 Å². The van der Waals surface area contributed by atoms with Gasteiger partial charge in [0.25, 0.3) is 5.56 Å². The van der Waals surface area contributed by atoms with Crippen molar-refractivity contribution in [2.24, 2.45) is 0 Å². The van der Waals surface area contributed by atoms with Crippen molar-refractivity contribution < 1.29 is 4.39 Å². The van der Waals surface area contributed by atoms with Crippen LogP contribution in [0.15, 0.2) is 39.3 Å². The van der Waals surface area contributed by atoms with Crippen molar-refractivity contribution >= 4 is 38.3 Å². The van der Waals surface area contributed by atoms with Crippen molar-refractivity contribution in [3.8, 4) is 0 Å². The monoisotopic (exact) mass is 465 g/mol. The fourth-order valence-corrected chi connectivity index (χ4v) is 4.89. The highest BCUT2D eigenvalue weighted by Crippen LogP contribution is 2.19. The highest BCUT2D eigenvalue weighted by Gasteiger charge is 2.19. The Kier molecular flexibility index (Phi) is 6.15. The minimum Gasteiger partial charge on any atom is -0.309 e. The van der Waals surface area contributed by atoms with Crippen LogP contribution in [0.5, 0.6) is 0 Å². The lowest BCUT2D eigenvalue weighted by Crippen LogP contribution is -2.43. The average molecular weight is 466 g/mol. The maximum Gasteiger partial charge on any atom is 0.251 e. The summed E-state index contributed by atoms with van der Waals surface area (Å²) < 4.78 is 16.1. The lowest BCUT2D eigenvalue weighted by molar-refractivity contribution is 0.191. The number of likely N-dealkylation sites (tertiary alicyclic amines) is 1. The van der Waals surface area contributed by atoms with Crippen LogP contribution in [0.2, 0.25) is 0 Å². The molecule has 0 radical (unpaired) electrons. The molecule has 0 aliphatic carbocycles. The summed E-state index contributed by atoms with van der Waals surface area (Å²) in [6.07, 6.45) is 5.22. The highest BCUT2D eigenvalue weighted by atomic mass is 79.9. The Bertz CT molecular complexity index is 1010. The molecule has 0 bridgehead atoms. The standard InChI is InChI=1S/C19H21BrFN5OS/c20-19-24-12-15(28-19)11-22-14-3-5-25(6-4-14)7-8-26-17-9-13(21)10-23-16(17)1-2-18(26)27/h1-2,9-10,12,14,22H,3-8,11H2. The zero-order valence-electron chi connectivity index (χ0n) is 15.3. The van der Waals surface area contributed by atoms with Crippen LogP contribution < -0.4 is 10.9 Å². The van der Waals surface area contributed by atoms with Gasteiger partial charge < -0.3 is 14.8 Å². The topological polar surface area (TPSA) is 63.1 Å². The number of piperidine rings is 1. The summed E-state index contributed by atoms with van der Waals surface area (Å²) in [5, 5.41) is 3.60. The number of pyridine rings is 2. The van der Waals surface area contributed by atoms with E-state index in [-0.39, 0.29) is 5.56 Å². The van der Waals surface area contributed by atoms with Crippen molar-refractivity contribution in [3.05, 3.63) is 55.6 Å². The van der Waals surface area contributed by atoms with E-state index >= 15 is 0 Å². The number of fused-ring (bicyclic) bond motifs is 1. The predicted molar refractivity (Wildman–Crippen MR) is 112 cm³/mol. The van der Waals surface area contributed by atoms with Crippen molar-refractivity contribution in [2.75, 3.05) is 19.6 Å². The number of halogens is 2. The first kappa shape index (κ1) is 19.6. The number of nitrogens with one attached hydrogen (secondary N) is 1. The van der Waals surface area contributed by atoms with E-state index in [1.165, 1.54) is 23.2 Å². The quantitative estimate of drug-likeness (QED) is 0.606. The summed E-state index contributed by atoms with van der Waals surface area (Å²) in [5.74, 6) is -0.424. The fourth-order valence-electron chi connectivity index (χ4n) is 3.59. The second kappa shape index (κ2) is 8.77. The lowest BCUT2D eigenvalue weighted by atomic mass is 10.1. The molecule has 4 rings (SSSR count). The molecule has 3 aromatic heterocycles. The van der Waals surface area contributed by atoms with Crippen LogP contribution in [0.3, 0.4) is 0 Å². The Labute approximate surface area is 174 Å². The van der Waals surface area contributed by atoms with E-state index in [2.05, 4.69) is 36.1 Å². The van der Waals surface area contributed by atoms with Gasteiger partial charge in [-0.3, -0.25) is 9.78 Å². The van der Waals surface area contributed by atoms with Crippen LogP contribution in [-0.2, 0) is 13.1 Å². The molecule has 0 spiro atoms. The van der Waals surface area contributed by atoms with Crippen molar-refractivity contribution in [3.63, 3.8) is 0 Å². The van der Waals surface area contributed by atoms with E-state index in [0.29, 0.717) is 23.6 Å². The van der Waals surface area contributed by atoms with E-state index < -0.39 is 5.82 Å². The molecule has 0 aromatic carbocycles. The van der Waals surface area contributed by atoms with Gasteiger partial charge in [-0.05, 0) is 47.9 Å². The molecule has 9 heteroatoms. The Morgan fingerprint density at radius 2 is 2.04 bits per heavy atom. The normalized spacial score (nSPS) is 16.1. The van der Waals surface area contributed by atoms with Crippen LogP contribution in [-0.4, -0.2) is 45.1 Å². The number of rotatable bonds is 6. The molecule has 1 saturated heterocycles. The van der Waals surface area contributed by atoms with Gasteiger partial charge >= 0.3 is 0 Å². The van der Waals surface area contributed by atoms with Gasteiger partial charge in [0.05, 0.1) is 17.2 Å². The average Bonchev–Trinajstić information content (AvgIpc) is 3.12. The van der Waals surface area contributed by atoms with Gasteiger partial charge in [-0.2, -0.15) is 0 Å². The summed E-state index contributed by atoms with van der Waals surface area (Å²) in [6, 6.07) is 5.03. The summed E-state index contributed by atoms with van der Waals surface area (Å²) in [4.78, 5) is 24.1. The third-order valence-corrected chi connectivity index (χ3v) is 6.60. The first-order chi connectivity index (χ1) is 13.6. The minimum atomic E-state index is -0.424.